The molecule has 17 heavy (non-hydrogen) atoms. The number of anilines is 1. The van der Waals surface area contributed by atoms with E-state index < -0.39 is 11.0 Å². The Bertz CT molecular complexity index is 355. The molecule has 0 aliphatic carbocycles. The lowest BCUT2D eigenvalue weighted by Gasteiger charge is -2.10. The van der Waals surface area contributed by atoms with Crippen molar-refractivity contribution in [2.75, 3.05) is 25.6 Å². The highest BCUT2D eigenvalue weighted by molar-refractivity contribution is 5.39. The second kappa shape index (κ2) is 6.77. The summed E-state index contributed by atoms with van der Waals surface area (Å²) in [5.41, 5.74) is -0.0463. The summed E-state index contributed by atoms with van der Waals surface area (Å²) in [7, 11) is 1.52. The van der Waals surface area contributed by atoms with Gasteiger partial charge >= 0.3 is 0 Å². The molecule has 0 amide bonds. The van der Waals surface area contributed by atoms with E-state index in [0.717, 1.165) is 0 Å². The van der Waals surface area contributed by atoms with Gasteiger partial charge in [-0.3, -0.25) is 10.1 Å². The molecule has 0 aromatic carbocycles. The number of nitrogens with zero attached hydrogens (tertiary/aromatic N) is 2. The second-order valence-corrected chi connectivity index (χ2v) is 3.48. The van der Waals surface area contributed by atoms with Gasteiger partial charge in [0.15, 0.2) is 0 Å². The normalized spacial score (nSPS) is 12.1. The van der Waals surface area contributed by atoms with Crippen LogP contribution in [0, 0.1) is 10.1 Å². The van der Waals surface area contributed by atoms with E-state index in [1.807, 2.05) is 0 Å². The van der Waals surface area contributed by atoms with E-state index >= 15 is 0 Å². The van der Waals surface area contributed by atoms with Crippen LogP contribution >= 0.6 is 0 Å². The first-order valence-electron chi connectivity index (χ1n) is 5.15. The number of aliphatic hydroxyl groups is 1. The summed E-state index contributed by atoms with van der Waals surface area (Å²) in [5, 5.41) is 22.7. The summed E-state index contributed by atoms with van der Waals surface area (Å²) in [6.45, 7) is 0.810. The number of aromatic nitrogens is 1. The predicted molar refractivity (Wildman–Crippen MR) is 61.9 cm³/mol. The summed E-state index contributed by atoms with van der Waals surface area (Å²) in [6.07, 6.45) is 1.19. The molecule has 1 aromatic rings. The first-order chi connectivity index (χ1) is 8.13. The zero-order valence-corrected chi connectivity index (χ0v) is 9.50. The largest absolute Gasteiger partial charge is 0.391 e. The van der Waals surface area contributed by atoms with Crippen molar-refractivity contribution >= 4 is 11.5 Å². The Hall–Kier alpha value is -1.73. The van der Waals surface area contributed by atoms with Crippen molar-refractivity contribution in [2.45, 2.75) is 12.5 Å². The topological polar surface area (TPSA) is 97.5 Å². The maximum Gasteiger partial charge on any atom is 0.287 e. The molecule has 0 bridgehead atoms. The predicted octanol–water partition coefficient (Wildman–Crippen LogP) is 0.799. The number of nitrogens with one attached hydrogen (secondary N) is 1. The minimum absolute atomic E-state index is 0.0463. The lowest BCUT2D eigenvalue weighted by atomic mass is 10.2. The van der Waals surface area contributed by atoms with Crippen LogP contribution in [0.15, 0.2) is 18.3 Å². The van der Waals surface area contributed by atoms with Gasteiger partial charge in [0.05, 0.1) is 17.6 Å². The van der Waals surface area contributed by atoms with Crippen molar-refractivity contribution in [3.63, 3.8) is 0 Å². The van der Waals surface area contributed by atoms with Gasteiger partial charge in [0.1, 0.15) is 12.0 Å². The van der Waals surface area contributed by atoms with Gasteiger partial charge in [-0.1, -0.05) is 0 Å². The minimum Gasteiger partial charge on any atom is -0.391 e. The molecule has 7 heteroatoms. The lowest BCUT2D eigenvalue weighted by molar-refractivity contribution is -0.385. The summed E-state index contributed by atoms with van der Waals surface area (Å²) < 4.78 is 4.78. The number of aliphatic hydroxyl groups excluding tert-OH is 1. The van der Waals surface area contributed by atoms with Gasteiger partial charge in [-0.2, -0.15) is 0 Å². The lowest BCUT2D eigenvalue weighted by Crippen LogP contribution is -2.18. The van der Waals surface area contributed by atoms with E-state index in [0.29, 0.717) is 18.8 Å². The number of nitro groups is 1. The molecule has 0 aliphatic heterocycles. The Labute approximate surface area is 98.6 Å². The van der Waals surface area contributed by atoms with Gasteiger partial charge in [0, 0.05) is 19.7 Å². The van der Waals surface area contributed by atoms with Crippen molar-refractivity contribution in [3.05, 3.63) is 28.4 Å². The van der Waals surface area contributed by atoms with E-state index in [2.05, 4.69) is 10.3 Å². The van der Waals surface area contributed by atoms with E-state index in [1.54, 1.807) is 0 Å². The highest BCUT2D eigenvalue weighted by Crippen LogP contribution is 2.11. The summed E-state index contributed by atoms with van der Waals surface area (Å²) in [6, 6.07) is 2.90. The van der Waals surface area contributed by atoms with Crippen molar-refractivity contribution in [1.82, 2.24) is 4.98 Å². The highest BCUT2D eigenvalue weighted by Gasteiger charge is 2.06. The van der Waals surface area contributed by atoms with Crippen LogP contribution in [0.4, 0.5) is 11.5 Å². The Morgan fingerprint density at radius 1 is 1.65 bits per heavy atom. The monoisotopic (exact) mass is 241 g/mol. The van der Waals surface area contributed by atoms with Gasteiger partial charge in [-0.15, -0.1) is 0 Å². The van der Waals surface area contributed by atoms with E-state index in [-0.39, 0.29) is 12.3 Å². The van der Waals surface area contributed by atoms with Crippen LogP contribution in [0.3, 0.4) is 0 Å². The standard InChI is InChI=1S/C10H15N3O4/c1-17-7-9(14)4-5-11-10-3-2-8(6-12-10)13(15)16/h2-3,6,9,14H,4-5,7H2,1H3,(H,11,12). The quantitative estimate of drug-likeness (QED) is 0.541. The Morgan fingerprint density at radius 2 is 2.41 bits per heavy atom. The molecule has 0 fully saturated rings. The van der Waals surface area contributed by atoms with E-state index in [4.69, 9.17) is 4.74 Å². The van der Waals surface area contributed by atoms with Gasteiger partial charge in [-0.05, 0) is 12.5 Å². The fourth-order valence-electron chi connectivity index (χ4n) is 1.24. The zero-order chi connectivity index (χ0) is 12.7. The molecule has 1 heterocycles. The van der Waals surface area contributed by atoms with Gasteiger partial charge < -0.3 is 15.2 Å². The first kappa shape index (κ1) is 13.3. The smallest absolute Gasteiger partial charge is 0.287 e. The summed E-state index contributed by atoms with van der Waals surface area (Å²) in [5.74, 6) is 0.542. The number of methoxy groups -OCH3 is 1. The van der Waals surface area contributed by atoms with Crippen LogP contribution in [0.5, 0.6) is 0 Å². The average molecular weight is 241 g/mol. The molecule has 1 atom stereocenters. The SMILES string of the molecule is COCC(O)CCNc1ccc([N+](=O)[O-])cn1. The molecule has 7 nitrogen and oxygen atoms in total. The average Bonchev–Trinajstić information content (AvgIpc) is 2.30. The number of hydrogen-bond donors (Lipinski definition) is 2. The summed E-state index contributed by atoms with van der Waals surface area (Å²) in [4.78, 5) is 13.8. The molecule has 94 valence electrons. The molecule has 1 rings (SSSR count). The third-order valence-corrected chi connectivity index (χ3v) is 2.10. The number of pyridine rings is 1. The fraction of sp³-hybridized carbons (Fsp3) is 0.500. The number of rotatable bonds is 7. The molecule has 0 aliphatic rings. The summed E-state index contributed by atoms with van der Waals surface area (Å²) >= 11 is 0. The Balaban J connectivity index is 2.34. The molecule has 0 saturated heterocycles. The zero-order valence-electron chi connectivity index (χ0n) is 9.50. The van der Waals surface area contributed by atoms with Crippen molar-refractivity contribution < 1.29 is 14.8 Å². The molecule has 1 unspecified atom stereocenters. The third kappa shape index (κ3) is 4.75. The minimum atomic E-state index is -0.523. The maximum absolute atomic E-state index is 10.4. The fourth-order valence-corrected chi connectivity index (χ4v) is 1.24. The molecule has 0 spiro atoms. The molecular formula is C10H15N3O4. The Kier molecular flexibility index (Phi) is 5.31. The molecular weight excluding hydrogens is 226 g/mol. The van der Waals surface area contributed by atoms with Gasteiger partial charge in [0.2, 0.25) is 0 Å². The van der Waals surface area contributed by atoms with Crippen LogP contribution in [0.1, 0.15) is 6.42 Å². The van der Waals surface area contributed by atoms with Crippen LogP contribution in [0.25, 0.3) is 0 Å². The molecule has 2 N–H and O–H groups in total. The maximum atomic E-state index is 10.4. The number of hydrogen-bond acceptors (Lipinski definition) is 6. The highest BCUT2D eigenvalue weighted by atomic mass is 16.6. The molecule has 0 radical (unpaired) electrons. The van der Waals surface area contributed by atoms with E-state index in [9.17, 15) is 15.2 Å². The van der Waals surface area contributed by atoms with Crippen LogP contribution < -0.4 is 5.32 Å². The Morgan fingerprint density at radius 3 is 2.94 bits per heavy atom. The van der Waals surface area contributed by atoms with E-state index in [1.165, 1.54) is 25.4 Å². The van der Waals surface area contributed by atoms with Crippen molar-refractivity contribution in [1.29, 1.82) is 0 Å². The van der Waals surface area contributed by atoms with Crippen LogP contribution in [0.2, 0.25) is 0 Å². The molecule has 0 saturated carbocycles. The van der Waals surface area contributed by atoms with Crippen molar-refractivity contribution in [2.24, 2.45) is 0 Å². The second-order valence-electron chi connectivity index (χ2n) is 3.48. The third-order valence-electron chi connectivity index (χ3n) is 2.10. The van der Waals surface area contributed by atoms with Crippen LogP contribution in [-0.4, -0.2) is 41.4 Å². The molecule has 1 aromatic heterocycles. The van der Waals surface area contributed by atoms with Crippen LogP contribution in [-0.2, 0) is 4.74 Å². The van der Waals surface area contributed by atoms with Crippen molar-refractivity contribution in [3.8, 4) is 0 Å². The first-order valence-corrected chi connectivity index (χ1v) is 5.15. The van der Waals surface area contributed by atoms with Gasteiger partial charge in [-0.25, -0.2) is 4.98 Å². The number of ether oxygens (including phenoxy) is 1. The van der Waals surface area contributed by atoms with Gasteiger partial charge in [0.25, 0.3) is 5.69 Å².